The van der Waals surface area contributed by atoms with Crippen molar-refractivity contribution in [3.05, 3.63) is 27.2 Å². The fourth-order valence-electron chi connectivity index (χ4n) is 1.70. The molecule has 3 nitrogen and oxygen atoms in total. The summed E-state index contributed by atoms with van der Waals surface area (Å²) in [4.78, 5) is 11.7. The van der Waals surface area contributed by atoms with Gasteiger partial charge in [-0.15, -0.1) is 0 Å². The molecular weight excluding hydrogens is 327 g/mol. The minimum atomic E-state index is -4.62. The molecule has 1 atom stereocenters. The summed E-state index contributed by atoms with van der Waals surface area (Å²) in [6.45, 7) is -0.558. The van der Waals surface area contributed by atoms with Crippen molar-refractivity contribution < 1.29 is 18.0 Å². The van der Waals surface area contributed by atoms with E-state index < -0.39 is 24.5 Å². The van der Waals surface area contributed by atoms with Crippen molar-refractivity contribution in [2.75, 3.05) is 11.6 Å². The summed E-state index contributed by atoms with van der Waals surface area (Å²) in [6, 6.07) is 2.58. The Morgan fingerprint density at radius 2 is 1.74 bits per heavy atom. The predicted molar refractivity (Wildman–Crippen MR) is 66.5 cm³/mol. The maximum Gasteiger partial charge on any atom is 0.401 e. The zero-order valence-electron chi connectivity index (χ0n) is 9.06. The molecule has 1 saturated heterocycles. The third-order valence-electron chi connectivity index (χ3n) is 2.57. The number of hydrogen-bond acceptors (Lipinski definition) is 2. The zero-order chi connectivity index (χ0) is 14.4. The first-order valence-corrected chi connectivity index (χ1v) is 6.14. The maximum atomic E-state index is 12.6. The Balaban J connectivity index is 2.38. The highest BCUT2D eigenvalue weighted by molar-refractivity contribution is 6.42. The van der Waals surface area contributed by atoms with E-state index in [0.717, 1.165) is 0 Å². The SMILES string of the molecule is O=C1C(C(F)(F)F)CNN1c1c(Cl)cc(Cl)cc1Cl. The molecule has 1 N–H and O–H groups in total. The molecule has 1 fully saturated rings. The number of benzene rings is 1. The number of anilines is 1. The van der Waals surface area contributed by atoms with E-state index in [0.29, 0.717) is 5.01 Å². The molecule has 9 heteroatoms. The molecule has 1 unspecified atom stereocenters. The molecule has 0 aromatic heterocycles. The molecule has 0 radical (unpaired) electrons. The Morgan fingerprint density at radius 3 is 2.16 bits per heavy atom. The largest absolute Gasteiger partial charge is 0.401 e. The van der Waals surface area contributed by atoms with Crippen molar-refractivity contribution in [1.82, 2.24) is 5.43 Å². The number of hydrazine groups is 1. The maximum absolute atomic E-state index is 12.6. The number of nitrogens with zero attached hydrogens (tertiary/aromatic N) is 1. The fraction of sp³-hybridized carbons (Fsp3) is 0.300. The van der Waals surface area contributed by atoms with Gasteiger partial charge in [-0.05, 0) is 12.1 Å². The highest BCUT2D eigenvalue weighted by Gasteiger charge is 2.51. The van der Waals surface area contributed by atoms with Crippen LogP contribution in [0.1, 0.15) is 0 Å². The minimum absolute atomic E-state index is 0.0128. The summed E-state index contributed by atoms with van der Waals surface area (Å²) < 4.78 is 37.8. The van der Waals surface area contributed by atoms with Crippen LogP contribution in [0.25, 0.3) is 0 Å². The molecule has 0 spiro atoms. The Bertz CT molecular complexity index is 512. The van der Waals surface area contributed by atoms with Gasteiger partial charge in [-0.2, -0.15) is 13.2 Å². The molecule has 1 aliphatic heterocycles. The van der Waals surface area contributed by atoms with Gasteiger partial charge in [-0.3, -0.25) is 4.79 Å². The smallest absolute Gasteiger partial charge is 0.272 e. The molecule has 104 valence electrons. The lowest BCUT2D eigenvalue weighted by Crippen LogP contribution is -2.37. The van der Waals surface area contributed by atoms with Gasteiger partial charge in [-0.1, -0.05) is 34.8 Å². The summed E-state index contributed by atoms with van der Waals surface area (Å²) >= 11 is 17.4. The van der Waals surface area contributed by atoms with Crippen molar-refractivity contribution in [3.8, 4) is 0 Å². The molecule has 1 aromatic rings. The van der Waals surface area contributed by atoms with Gasteiger partial charge in [0.15, 0.2) is 0 Å². The van der Waals surface area contributed by atoms with Gasteiger partial charge in [0.1, 0.15) is 5.92 Å². The molecule has 1 aromatic carbocycles. The van der Waals surface area contributed by atoms with Crippen LogP contribution >= 0.6 is 34.8 Å². The third kappa shape index (κ3) is 2.76. The van der Waals surface area contributed by atoms with E-state index in [-0.39, 0.29) is 20.8 Å². The zero-order valence-corrected chi connectivity index (χ0v) is 11.3. The molecule has 1 aliphatic rings. The number of amides is 1. The number of hydrogen-bond donors (Lipinski definition) is 1. The normalized spacial score (nSPS) is 20.2. The average molecular weight is 334 g/mol. The standard InChI is InChI=1S/C10H6Cl3F3N2O/c11-4-1-6(12)8(7(13)2-4)18-9(19)5(3-17-18)10(14,15)16/h1-2,5,17H,3H2. The second kappa shape index (κ2) is 5.01. The molecule has 19 heavy (non-hydrogen) atoms. The number of nitrogens with one attached hydrogen (secondary N) is 1. The number of halogens is 6. The monoisotopic (exact) mass is 332 g/mol. The van der Waals surface area contributed by atoms with E-state index >= 15 is 0 Å². The lowest BCUT2D eigenvalue weighted by molar-refractivity contribution is -0.174. The molecule has 0 bridgehead atoms. The van der Waals surface area contributed by atoms with Gasteiger partial charge in [-0.25, -0.2) is 10.4 Å². The van der Waals surface area contributed by atoms with Gasteiger partial charge in [0.2, 0.25) is 0 Å². The molecular formula is C10H6Cl3F3N2O. The van der Waals surface area contributed by atoms with E-state index in [2.05, 4.69) is 5.43 Å². The third-order valence-corrected chi connectivity index (χ3v) is 3.37. The van der Waals surface area contributed by atoms with Gasteiger partial charge < -0.3 is 0 Å². The lowest BCUT2D eigenvalue weighted by atomic mass is 10.1. The summed E-state index contributed by atoms with van der Waals surface area (Å²) in [5.41, 5.74) is 2.29. The Morgan fingerprint density at radius 1 is 1.21 bits per heavy atom. The van der Waals surface area contributed by atoms with Crippen LogP contribution in [0.4, 0.5) is 18.9 Å². The summed E-state index contributed by atoms with van der Waals surface area (Å²) in [6.07, 6.45) is -4.62. The molecule has 0 aliphatic carbocycles. The van der Waals surface area contributed by atoms with E-state index in [9.17, 15) is 18.0 Å². The van der Waals surface area contributed by atoms with E-state index in [1.54, 1.807) is 0 Å². The molecule has 1 heterocycles. The second-order valence-electron chi connectivity index (χ2n) is 3.85. The van der Waals surface area contributed by atoms with Crippen molar-refractivity contribution in [2.45, 2.75) is 6.18 Å². The summed E-state index contributed by atoms with van der Waals surface area (Å²) in [5, 5.41) is 0.902. The number of carbonyl (C=O) groups is 1. The first kappa shape index (κ1) is 14.7. The van der Waals surface area contributed by atoms with Crippen LogP contribution in [0, 0.1) is 5.92 Å². The van der Waals surface area contributed by atoms with Crippen molar-refractivity contribution in [3.63, 3.8) is 0 Å². The Hall–Kier alpha value is -0.690. The van der Waals surface area contributed by atoms with Crippen molar-refractivity contribution >= 4 is 46.4 Å². The topological polar surface area (TPSA) is 32.3 Å². The second-order valence-corrected chi connectivity index (χ2v) is 5.10. The van der Waals surface area contributed by atoms with Gasteiger partial charge >= 0.3 is 6.18 Å². The lowest BCUT2D eigenvalue weighted by Gasteiger charge is -2.19. The molecule has 1 amide bonds. The number of rotatable bonds is 1. The van der Waals surface area contributed by atoms with Crippen LogP contribution in [0.2, 0.25) is 15.1 Å². The van der Waals surface area contributed by atoms with E-state index in [1.807, 2.05) is 0 Å². The Kier molecular flexibility index (Phi) is 3.88. The van der Waals surface area contributed by atoms with Gasteiger partial charge in [0.25, 0.3) is 5.91 Å². The first-order valence-electron chi connectivity index (χ1n) is 5.00. The fourth-order valence-corrected chi connectivity index (χ4v) is 2.68. The quantitative estimate of drug-likeness (QED) is 0.850. The van der Waals surface area contributed by atoms with E-state index in [1.165, 1.54) is 12.1 Å². The van der Waals surface area contributed by atoms with Crippen LogP contribution in [0.3, 0.4) is 0 Å². The average Bonchev–Trinajstić information content (AvgIpc) is 2.58. The van der Waals surface area contributed by atoms with Crippen LogP contribution < -0.4 is 10.4 Å². The van der Waals surface area contributed by atoms with Crippen LogP contribution in [-0.2, 0) is 4.79 Å². The summed E-state index contributed by atoms with van der Waals surface area (Å²) in [7, 11) is 0. The van der Waals surface area contributed by atoms with Crippen molar-refractivity contribution in [1.29, 1.82) is 0 Å². The summed E-state index contributed by atoms with van der Waals surface area (Å²) in [5.74, 6) is -3.27. The minimum Gasteiger partial charge on any atom is -0.272 e. The number of alkyl halides is 3. The van der Waals surface area contributed by atoms with Gasteiger partial charge in [0.05, 0.1) is 15.7 Å². The first-order chi connectivity index (χ1) is 8.71. The van der Waals surface area contributed by atoms with Crippen LogP contribution in [-0.4, -0.2) is 18.6 Å². The highest BCUT2D eigenvalue weighted by atomic mass is 35.5. The Labute approximate surface area is 121 Å². The van der Waals surface area contributed by atoms with Gasteiger partial charge in [0, 0.05) is 11.6 Å². The van der Waals surface area contributed by atoms with Crippen LogP contribution in [0.15, 0.2) is 12.1 Å². The van der Waals surface area contributed by atoms with E-state index in [4.69, 9.17) is 34.8 Å². The predicted octanol–water partition coefficient (Wildman–Crippen LogP) is 3.68. The molecule has 2 rings (SSSR count). The molecule has 0 saturated carbocycles. The van der Waals surface area contributed by atoms with Crippen molar-refractivity contribution in [2.24, 2.45) is 5.92 Å². The number of carbonyl (C=O) groups excluding carboxylic acids is 1. The highest BCUT2D eigenvalue weighted by Crippen LogP contribution is 2.39. The van der Waals surface area contributed by atoms with Crippen LogP contribution in [0.5, 0.6) is 0 Å².